The molecule has 1 atom stereocenters. The average molecular weight is 350 g/mol. The van der Waals surface area contributed by atoms with Crippen molar-refractivity contribution in [1.82, 2.24) is 4.98 Å². The highest BCUT2D eigenvalue weighted by Crippen LogP contribution is 2.37. The minimum absolute atomic E-state index is 0.185. The number of thiazole rings is 1. The fraction of sp³-hybridized carbons (Fsp3) is 0.529. The second-order valence-electron chi connectivity index (χ2n) is 6.17. The first-order valence-electron chi connectivity index (χ1n) is 8.15. The number of carbonyl (C=O) groups is 1. The van der Waals surface area contributed by atoms with Gasteiger partial charge in [-0.05, 0) is 19.3 Å². The van der Waals surface area contributed by atoms with Crippen LogP contribution in [0.1, 0.15) is 27.2 Å². The molecule has 0 aliphatic carbocycles. The van der Waals surface area contributed by atoms with Crippen LogP contribution in [0.2, 0.25) is 0 Å². The summed E-state index contributed by atoms with van der Waals surface area (Å²) in [4.78, 5) is 16.6. The number of fused-ring (bicyclic) bond motifs is 2. The zero-order valence-corrected chi connectivity index (χ0v) is 14.9. The lowest BCUT2D eigenvalue weighted by atomic mass is 10.1. The van der Waals surface area contributed by atoms with Crippen LogP contribution in [0, 0.1) is 5.92 Å². The number of hydrogen-bond acceptors (Lipinski definition) is 6. The van der Waals surface area contributed by atoms with Crippen LogP contribution < -0.4 is 14.8 Å². The summed E-state index contributed by atoms with van der Waals surface area (Å²) >= 11 is 1.41. The summed E-state index contributed by atoms with van der Waals surface area (Å²) < 4.78 is 17.6. The summed E-state index contributed by atoms with van der Waals surface area (Å²) in [5, 5.41) is 3.37. The molecule has 0 fully saturated rings. The van der Waals surface area contributed by atoms with Crippen LogP contribution in [-0.2, 0) is 9.53 Å². The minimum Gasteiger partial charge on any atom is -0.486 e. The SMILES string of the molecule is CC(C)CCOC(C)C(=O)Nc1nc2cc3c(cc2s1)OCCO3. The zero-order chi connectivity index (χ0) is 17.1. The molecule has 0 bridgehead atoms. The Morgan fingerprint density at radius 3 is 2.71 bits per heavy atom. The van der Waals surface area contributed by atoms with Crippen LogP contribution in [-0.4, -0.2) is 36.8 Å². The Labute approximate surface area is 145 Å². The molecule has 1 aliphatic rings. The van der Waals surface area contributed by atoms with Crippen LogP contribution in [0.15, 0.2) is 12.1 Å². The predicted molar refractivity (Wildman–Crippen MR) is 94.1 cm³/mol. The normalized spacial score (nSPS) is 14.8. The van der Waals surface area contributed by atoms with E-state index in [0.29, 0.717) is 36.6 Å². The second-order valence-corrected chi connectivity index (χ2v) is 7.20. The molecule has 1 aromatic carbocycles. The average Bonchev–Trinajstić information content (AvgIpc) is 2.92. The van der Waals surface area contributed by atoms with Crippen molar-refractivity contribution in [2.45, 2.75) is 33.3 Å². The van der Waals surface area contributed by atoms with Crippen molar-refractivity contribution in [3.63, 3.8) is 0 Å². The van der Waals surface area contributed by atoms with Crippen LogP contribution in [0.3, 0.4) is 0 Å². The van der Waals surface area contributed by atoms with Gasteiger partial charge in [0.2, 0.25) is 0 Å². The molecule has 3 rings (SSSR count). The van der Waals surface area contributed by atoms with E-state index in [9.17, 15) is 4.79 Å². The molecule has 1 unspecified atom stereocenters. The molecule has 6 nitrogen and oxygen atoms in total. The maximum Gasteiger partial charge on any atom is 0.254 e. The smallest absolute Gasteiger partial charge is 0.254 e. The summed E-state index contributed by atoms with van der Waals surface area (Å²) in [7, 11) is 0. The lowest BCUT2D eigenvalue weighted by molar-refractivity contribution is -0.126. The molecule has 0 saturated heterocycles. The van der Waals surface area contributed by atoms with Crippen molar-refractivity contribution in [2.24, 2.45) is 5.92 Å². The van der Waals surface area contributed by atoms with Crippen molar-refractivity contribution in [2.75, 3.05) is 25.1 Å². The number of carbonyl (C=O) groups excluding carboxylic acids is 1. The Hall–Kier alpha value is -1.86. The Balaban J connectivity index is 1.65. The van der Waals surface area contributed by atoms with Crippen molar-refractivity contribution < 1.29 is 19.0 Å². The lowest BCUT2D eigenvalue weighted by Gasteiger charge is -2.17. The highest BCUT2D eigenvalue weighted by atomic mass is 32.1. The van der Waals surface area contributed by atoms with Gasteiger partial charge in [-0.2, -0.15) is 0 Å². The van der Waals surface area contributed by atoms with E-state index in [1.807, 2.05) is 12.1 Å². The first-order valence-corrected chi connectivity index (χ1v) is 8.97. The van der Waals surface area contributed by atoms with Gasteiger partial charge in [0.05, 0.1) is 10.2 Å². The third-order valence-electron chi connectivity index (χ3n) is 3.71. The van der Waals surface area contributed by atoms with E-state index in [2.05, 4.69) is 24.1 Å². The molecule has 2 aromatic rings. The van der Waals surface area contributed by atoms with Crippen molar-refractivity contribution in [3.8, 4) is 11.5 Å². The van der Waals surface area contributed by atoms with E-state index >= 15 is 0 Å². The molecule has 0 saturated carbocycles. The molecule has 0 radical (unpaired) electrons. The van der Waals surface area contributed by atoms with Crippen LogP contribution in [0.4, 0.5) is 5.13 Å². The van der Waals surface area contributed by atoms with E-state index in [-0.39, 0.29) is 5.91 Å². The number of aromatic nitrogens is 1. The van der Waals surface area contributed by atoms with E-state index in [1.165, 1.54) is 11.3 Å². The highest BCUT2D eigenvalue weighted by Gasteiger charge is 2.18. The van der Waals surface area contributed by atoms with E-state index < -0.39 is 6.10 Å². The second kappa shape index (κ2) is 7.36. The lowest BCUT2D eigenvalue weighted by Crippen LogP contribution is -2.28. The van der Waals surface area contributed by atoms with Gasteiger partial charge in [0.25, 0.3) is 5.91 Å². The Bertz CT molecular complexity index is 686. The third kappa shape index (κ3) is 3.96. The van der Waals surface area contributed by atoms with Gasteiger partial charge in [-0.25, -0.2) is 4.98 Å². The van der Waals surface area contributed by atoms with Gasteiger partial charge in [0.1, 0.15) is 19.3 Å². The van der Waals surface area contributed by atoms with Gasteiger partial charge < -0.3 is 14.2 Å². The van der Waals surface area contributed by atoms with E-state index in [1.54, 1.807) is 6.92 Å². The maximum absolute atomic E-state index is 12.2. The van der Waals surface area contributed by atoms with Crippen molar-refractivity contribution in [1.29, 1.82) is 0 Å². The summed E-state index contributed by atoms with van der Waals surface area (Å²) in [6, 6.07) is 3.75. The van der Waals surface area contributed by atoms with E-state index in [4.69, 9.17) is 14.2 Å². The summed E-state index contributed by atoms with van der Waals surface area (Å²) in [6.45, 7) is 7.67. The van der Waals surface area contributed by atoms with Crippen LogP contribution >= 0.6 is 11.3 Å². The van der Waals surface area contributed by atoms with Gasteiger partial charge in [-0.3, -0.25) is 10.1 Å². The number of ether oxygens (including phenoxy) is 3. The number of benzene rings is 1. The molecule has 2 heterocycles. The van der Waals surface area contributed by atoms with Crippen molar-refractivity contribution in [3.05, 3.63) is 12.1 Å². The molecular weight excluding hydrogens is 328 g/mol. The standard InChI is InChI=1S/C17H22N2O4S/c1-10(2)4-5-21-11(3)16(20)19-17-18-12-8-13-14(9-15(12)24-17)23-7-6-22-13/h8-11H,4-7H2,1-3H3,(H,18,19,20). The molecule has 1 N–H and O–H groups in total. The monoisotopic (exact) mass is 350 g/mol. The molecule has 1 amide bonds. The third-order valence-corrected chi connectivity index (χ3v) is 4.65. The topological polar surface area (TPSA) is 69.7 Å². The van der Waals surface area contributed by atoms with E-state index in [0.717, 1.165) is 22.4 Å². The molecule has 7 heteroatoms. The number of nitrogens with zero attached hydrogens (tertiary/aromatic N) is 1. The van der Waals surface area contributed by atoms with Gasteiger partial charge in [-0.1, -0.05) is 25.2 Å². The van der Waals surface area contributed by atoms with Crippen LogP contribution in [0.25, 0.3) is 10.2 Å². The molecule has 0 spiro atoms. The Morgan fingerprint density at radius 1 is 1.29 bits per heavy atom. The van der Waals surface area contributed by atoms with Gasteiger partial charge in [0.15, 0.2) is 16.6 Å². The van der Waals surface area contributed by atoms with Crippen LogP contribution in [0.5, 0.6) is 11.5 Å². The zero-order valence-electron chi connectivity index (χ0n) is 14.1. The van der Waals surface area contributed by atoms with Gasteiger partial charge >= 0.3 is 0 Å². The molecule has 1 aromatic heterocycles. The number of hydrogen-bond donors (Lipinski definition) is 1. The quantitative estimate of drug-likeness (QED) is 0.864. The fourth-order valence-electron chi connectivity index (χ4n) is 2.28. The summed E-state index contributed by atoms with van der Waals surface area (Å²) in [5.74, 6) is 1.79. The minimum atomic E-state index is -0.504. The molecule has 130 valence electrons. The number of amides is 1. The first kappa shape index (κ1) is 17.0. The summed E-state index contributed by atoms with van der Waals surface area (Å²) in [6.07, 6.45) is 0.431. The number of nitrogens with one attached hydrogen (secondary N) is 1. The van der Waals surface area contributed by atoms with Crippen molar-refractivity contribution >= 4 is 32.6 Å². The van der Waals surface area contributed by atoms with Gasteiger partial charge in [0, 0.05) is 18.7 Å². The fourth-order valence-corrected chi connectivity index (χ4v) is 3.16. The van der Waals surface area contributed by atoms with Gasteiger partial charge in [-0.15, -0.1) is 0 Å². The maximum atomic E-state index is 12.2. The Kier molecular flexibility index (Phi) is 5.20. The molecule has 24 heavy (non-hydrogen) atoms. The largest absolute Gasteiger partial charge is 0.486 e. The molecule has 1 aliphatic heterocycles. The summed E-state index contributed by atoms with van der Waals surface area (Å²) in [5.41, 5.74) is 0.785. The predicted octanol–water partition coefficient (Wildman–Crippen LogP) is 3.46. The number of rotatable bonds is 6. The number of anilines is 1. The molecular formula is C17H22N2O4S. The first-order chi connectivity index (χ1) is 11.5. The Morgan fingerprint density at radius 2 is 2.00 bits per heavy atom. The highest BCUT2D eigenvalue weighted by molar-refractivity contribution is 7.22.